The molecule has 0 heterocycles. The Morgan fingerprint density at radius 2 is 1.86 bits per heavy atom. The highest BCUT2D eigenvalue weighted by molar-refractivity contribution is 7.92. The number of ether oxygens (including phenoxy) is 1. The van der Waals surface area contributed by atoms with Crippen LogP contribution in [0.3, 0.4) is 0 Å². The summed E-state index contributed by atoms with van der Waals surface area (Å²) in [5.41, 5.74) is 3.03. The maximum Gasteiger partial charge on any atom is 0.232 e. The molecule has 2 aromatic rings. The van der Waals surface area contributed by atoms with Crippen molar-refractivity contribution >= 4 is 21.6 Å². The summed E-state index contributed by atoms with van der Waals surface area (Å²) in [4.78, 5) is 12.1. The molecule has 0 unspecified atom stereocenters. The third-order valence-electron chi connectivity index (χ3n) is 4.55. The van der Waals surface area contributed by atoms with Crippen molar-refractivity contribution in [3.05, 3.63) is 59.7 Å². The number of nitrogens with one attached hydrogen (secondary N) is 1. The van der Waals surface area contributed by atoms with Gasteiger partial charge in [-0.15, -0.1) is 0 Å². The molecule has 0 aliphatic rings. The van der Waals surface area contributed by atoms with Crippen molar-refractivity contribution in [1.82, 2.24) is 5.32 Å². The van der Waals surface area contributed by atoms with Crippen LogP contribution < -0.4 is 14.4 Å². The van der Waals surface area contributed by atoms with Gasteiger partial charge < -0.3 is 10.1 Å². The summed E-state index contributed by atoms with van der Waals surface area (Å²) in [6.45, 7) is 2.91. The van der Waals surface area contributed by atoms with Crippen molar-refractivity contribution in [3.63, 3.8) is 0 Å². The van der Waals surface area contributed by atoms with E-state index in [1.807, 2.05) is 6.07 Å². The van der Waals surface area contributed by atoms with Crippen LogP contribution in [-0.4, -0.2) is 40.8 Å². The van der Waals surface area contributed by atoms with Crippen LogP contribution in [0.5, 0.6) is 5.75 Å². The van der Waals surface area contributed by atoms with Crippen molar-refractivity contribution in [2.75, 3.05) is 30.8 Å². The van der Waals surface area contributed by atoms with Crippen LogP contribution in [0.2, 0.25) is 0 Å². The van der Waals surface area contributed by atoms with Gasteiger partial charge in [0.2, 0.25) is 15.9 Å². The van der Waals surface area contributed by atoms with E-state index >= 15 is 0 Å². The molecular weight excluding hydrogens is 388 g/mol. The summed E-state index contributed by atoms with van der Waals surface area (Å²) in [6.07, 6.45) is 3.67. The molecule has 29 heavy (non-hydrogen) atoms. The second kappa shape index (κ2) is 10.9. The van der Waals surface area contributed by atoms with Crippen LogP contribution in [0.25, 0.3) is 0 Å². The lowest BCUT2D eigenvalue weighted by Gasteiger charge is -2.22. The average molecular weight is 419 g/mol. The number of carbonyl (C=O) groups is 1. The van der Waals surface area contributed by atoms with E-state index < -0.39 is 10.0 Å². The van der Waals surface area contributed by atoms with Crippen molar-refractivity contribution in [1.29, 1.82) is 0 Å². The molecule has 0 aliphatic heterocycles. The molecule has 0 atom stereocenters. The molecule has 1 N–H and O–H groups in total. The Balaban J connectivity index is 1.77. The van der Waals surface area contributed by atoms with E-state index in [9.17, 15) is 13.2 Å². The van der Waals surface area contributed by atoms with E-state index in [1.165, 1.54) is 22.5 Å². The van der Waals surface area contributed by atoms with Crippen LogP contribution in [0.4, 0.5) is 5.69 Å². The van der Waals surface area contributed by atoms with E-state index in [2.05, 4.69) is 30.4 Å². The second-order valence-corrected chi connectivity index (χ2v) is 8.99. The number of benzene rings is 2. The van der Waals surface area contributed by atoms with Gasteiger partial charge in [-0.25, -0.2) is 8.42 Å². The van der Waals surface area contributed by atoms with Gasteiger partial charge in [0, 0.05) is 25.6 Å². The van der Waals surface area contributed by atoms with Crippen molar-refractivity contribution in [2.45, 2.75) is 32.6 Å². The highest BCUT2D eigenvalue weighted by Gasteiger charge is 2.18. The van der Waals surface area contributed by atoms with Crippen LogP contribution >= 0.6 is 0 Å². The Morgan fingerprint density at radius 1 is 1.10 bits per heavy atom. The lowest BCUT2D eigenvalue weighted by atomic mass is 10.1. The van der Waals surface area contributed by atoms with E-state index in [0.717, 1.165) is 19.1 Å². The number of anilines is 1. The Labute approximate surface area is 173 Å². The Morgan fingerprint density at radius 3 is 2.55 bits per heavy atom. The molecule has 7 heteroatoms. The zero-order valence-corrected chi connectivity index (χ0v) is 18.2. The van der Waals surface area contributed by atoms with Gasteiger partial charge in [-0.2, -0.15) is 0 Å². The minimum absolute atomic E-state index is 0.0617. The Hall–Kier alpha value is -2.54. The number of methoxy groups -OCH3 is 1. The quantitative estimate of drug-likeness (QED) is 0.568. The lowest BCUT2D eigenvalue weighted by molar-refractivity contribution is -0.121. The highest BCUT2D eigenvalue weighted by atomic mass is 32.2. The van der Waals surface area contributed by atoms with Gasteiger partial charge in [-0.1, -0.05) is 35.9 Å². The summed E-state index contributed by atoms with van der Waals surface area (Å²) in [6, 6.07) is 15.2. The monoisotopic (exact) mass is 418 g/mol. The maximum absolute atomic E-state index is 12.2. The molecule has 0 bridgehead atoms. The summed E-state index contributed by atoms with van der Waals surface area (Å²) in [5.74, 6) is 0.524. The summed E-state index contributed by atoms with van der Waals surface area (Å²) < 4.78 is 30.8. The molecule has 0 saturated carbocycles. The van der Waals surface area contributed by atoms with Crippen LogP contribution in [0, 0.1) is 6.92 Å². The van der Waals surface area contributed by atoms with Gasteiger partial charge in [-0.05, 0) is 43.9 Å². The first-order valence-corrected chi connectivity index (χ1v) is 11.6. The number of carbonyl (C=O) groups excluding carboxylic acids is 1. The highest BCUT2D eigenvalue weighted by Crippen LogP contribution is 2.23. The lowest BCUT2D eigenvalue weighted by Crippen LogP contribution is -2.32. The first-order valence-electron chi connectivity index (χ1n) is 9.73. The van der Waals surface area contributed by atoms with Crippen LogP contribution in [0.15, 0.2) is 48.5 Å². The fourth-order valence-electron chi connectivity index (χ4n) is 3.11. The van der Waals surface area contributed by atoms with E-state index in [-0.39, 0.29) is 18.9 Å². The third-order valence-corrected chi connectivity index (χ3v) is 5.75. The molecular formula is C22H30N2O4S. The van der Waals surface area contributed by atoms with E-state index in [4.69, 9.17) is 4.74 Å². The SMILES string of the molecule is COc1cccc(N(CCCC(=O)NCCCc2cccc(C)c2)S(C)(=O)=O)c1. The minimum atomic E-state index is -3.45. The molecule has 2 rings (SSSR count). The molecule has 6 nitrogen and oxygen atoms in total. The number of sulfonamides is 1. The van der Waals surface area contributed by atoms with Crippen molar-refractivity contribution < 1.29 is 17.9 Å². The number of hydrogen-bond acceptors (Lipinski definition) is 4. The van der Waals surface area contributed by atoms with Gasteiger partial charge in [0.15, 0.2) is 0 Å². The molecule has 0 aliphatic carbocycles. The average Bonchev–Trinajstić information content (AvgIpc) is 2.68. The molecule has 2 aromatic carbocycles. The first kappa shape index (κ1) is 22.7. The van der Waals surface area contributed by atoms with Gasteiger partial charge in [0.05, 0.1) is 19.1 Å². The summed E-state index contributed by atoms with van der Waals surface area (Å²) in [7, 11) is -1.91. The first-order chi connectivity index (χ1) is 13.8. The van der Waals surface area contributed by atoms with Crippen LogP contribution in [-0.2, 0) is 21.2 Å². The normalized spacial score (nSPS) is 11.1. The van der Waals surface area contributed by atoms with E-state index in [0.29, 0.717) is 24.4 Å². The van der Waals surface area contributed by atoms with Crippen molar-refractivity contribution in [2.24, 2.45) is 0 Å². The smallest absolute Gasteiger partial charge is 0.232 e. The third kappa shape index (κ3) is 7.77. The van der Waals surface area contributed by atoms with Crippen molar-refractivity contribution in [3.8, 4) is 5.75 Å². The molecule has 1 amide bonds. The predicted octanol–water partition coefficient (Wildman–Crippen LogP) is 3.30. The van der Waals surface area contributed by atoms with E-state index in [1.54, 1.807) is 24.3 Å². The minimum Gasteiger partial charge on any atom is -0.497 e. The number of nitrogens with zero attached hydrogens (tertiary/aromatic N) is 1. The largest absolute Gasteiger partial charge is 0.497 e. The topological polar surface area (TPSA) is 75.7 Å². The summed E-state index contributed by atoms with van der Waals surface area (Å²) in [5, 5.41) is 2.91. The predicted molar refractivity (Wildman–Crippen MR) is 117 cm³/mol. The second-order valence-electron chi connectivity index (χ2n) is 7.08. The number of amides is 1. The fourth-order valence-corrected chi connectivity index (χ4v) is 4.07. The van der Waals surface area contributed by atoms with Gasteiger partial charge in [-0.3, -0.25) is 9.10 Å². The zero-order chi connectivity index (χ0) is 21.3. The Bertz CT molecular complexity index is 913. The van der Waals surface area contributed by atoms with Gasteiger partial charge in [0.25, 0.3) is 0 Å². The zero-order valence-electron chi connectivity index (χ0n) is 17.3. The Kier molecular flexibility index (Phi) is 8.51. The molecule has 0 aromatic heterocycles. The molecule has 0 fully saturated rings. The number of hydrogen-bond donors (Lipinski definition) is 1. The van der Waals surface area contributed by atoms with Gasteiger partial charge >= 0.3 is 0 Å². The van der Waals surface area contributed by atoms with Gasteiger partial charge in [0.1, 0.15) is 5.75 Å². The molecule has 158 valence electrons. The fraction of sp³-hybridized carbons (Fsp3) is 0.409. The number of aryl methyl sites for hydroxylation is 2. The number of rotatable bonds is 11. The molecule has 0 saturated heterocycles. The summed E-state index contributed by atoms with van der Waals surface area (Å²) >= 11 is 0. The molecule has 0 radical (unpaired) electrons. The maximum atomic E-state index is 12.2. The van der Waals surface area contributed by atoms with Crippen LogP contribution in [0.1, 0.15) is 30.4 Å². The standard InChI is InChI=1S/C22H30N2O4S/c1-18-8-4-9-19(16-18)10-6-14-23-22(25)13-7-15-24(29(3,26)27)20-11-5-12-21(17-20)28-2/h4-5,8-9,11-12,16-17H,6-7,10,13-15H2,1-3H3,(H,23,25). The molecule has 0 spiro atoms.